The van der Waals surface area contributed by atoms with Gasteiger partial charge >= 0.3 is 0 Å². The summed E-state index contributed by atoms with van der Waals surface area (Å²) in [4.78, 5) is 52.9. The molecule has 35 heavy (non-hydrogen) atoms. The summed E-state index contributed by atoms with van der Waals surface area (Å²) in [5.74, 6) is -6.36. The second-order valence-electron chi connectivity index (χ2n) is 9.35. The zero-order chi connectivity index (χ0) is 26.0. The first kappa shape index (κ1) is 25.3. The van der Waals surface area contributed by atoms with Crippen molar-refractivity contribution in [1.82, 2.24) is 4.90 Å². The van der Waals surface area contributed by atoms with Gasteiger partial charge in [-0.15, -0.1) is 0 Å². The normalized spacial score (nSPS) is 28.0. The van der Waals surface area contributed by atoms with Crippen LogP contribution < -0.4 is 5.73 Å². The number of halogens is 1. The number of hydrogen-bond acceptors (Lipinski definition) is 9. The van der Waals surface area contributed by atoms with Gasteiger partial charge in [0, 0.05) is 15.1 Å². The van der Waals surface area contributed by atoms with Gasteiger partial charge < -0.3 is 25.8 Å². The van der Waals surface area contributed by atoms with Gasteiger partial charge in [-0.3, -0.25) is 24.1 Å². The molecular formula is C24H25IN2O8. The number of nitrogens with zero attached hydrogens (tertiary/aromatic N) is 1. The molecule has 0 radical (unpaired) electrons. The lowest BCUT2D eigenvalue weighted by Crippen LogP contribution is -2.67. The second-order valence-corrected chi connectivity index (χ2v) is 10.5. The lowest BCUT2D eigenvalue weighted by molar-refractivity contribution is -0.163. The lowest BCUT2D eigenvalue weighted by Gasteiger charge is -2.50. The summed E-state index contributed by atoms with van der Waals surface area (Å²) in [5.41, 5.74) is 2.66. The number of likely N-dealkylation sites (N-methyl/N-ethyl adjacent to an activating group) is 1. The summed E-state index contributed by atoms with van der Waals surface area (Å²) in [6.07, 6.45) is 0.366. The highest BCUT2D eigenvalue weighted by molar-refractivity contribution is 14.1. The smallest absolute Gasteiger partial charge is 0.255 e. The number of phenols is 1. The van der Waals surface area contributed by atoms with E-state index in [0.29, 0.717) is 5.56 Å². The van der Waals surface area contributed by atoms with E-state index in [4.69, 9.17) is 10.5 Å². The van der Waals surface area contributed by atoms with Crippen molar-refractivity contribution in [2.45, 2.75) is 31.4 Å². The van der Waals surface area contributed by atoms with Crippen molar-refractivity contribution in [1.29, 1.82) is 0 Å². The summed E-state index contributed by atoms with van der Waals surface area (Å²) < 4.78 is 6.37. The van der Waals surface area contributed by atoms with Crippen LogP contribution in [-0.2, 0) is 30.3 Å². The topological polar surface area (TPSA) is 167 Å². The van der Waals surface area contributed by atoms with Crippen molar-refractivity contribution in [2.24, 2.45) is 17.6 Å². The van der Waals surface area contributed by atoms with Crippen LogP contribution in [0.1, 0.15) is 24.5 Å². The van der Waals surface area contributed by atoms with Crippen LogP contribution in [0.5, 0.6) is 5.75 Å². The van der Waals surface area contributed by atoms with Crippen molar-refractivity contribution in [3.63, 3.8) is 0 Å². The van der Waals surface area contributed by atoms with Gasteiger partial charge in [0.25, 0.3) is 5.91 Å². The number of hydrogen-bond donors (Lipinski definition) is 4. The average Bonchev–Trinajstić information content (AvgIpc) is 2.76. The Morgan fingerprint density at radius 2 is 1.89 bits per heavy atom. The van der Waals surface area contributed by atoms with Crippen LogP contribution in [0.15, 0.2) is 29.0 Å². The Labute approximate surface area is 214 Å². The number of ketones is 3. The van der Waals surface area contributed by atoms with E-state index in [-0.39, 0.29) is 41.3 Å². The molecule has 0 saturated heterocycles. The third-order valence-corrected chi connectivity index (χ3v) is 7.96. The Bertz CT molecular complexity index is 1250. The highest BCUT2D eigenvalue weighted by Gasteiger charge is 2.65. The predicted molar refractivity (Wildman–Crippen MR) is 131 cm³/mol. The number of primary amides is 1. The molecule has 3 aliphatic carbocycles. The molecule has 1 amide bonds. The molecule has 4 rings (SSSR count). The molecule has 11 heteroatoms. The van der Waals surface area contributed by atoms with Gasteiger partial charge in [-0.2, -0.15) is 0 Å². The van der Waals surface area contributed by atoms with E-state index in [9.17, 15) is 34.5 Å². The van der Waals surface area contributed by atoms with Crippen LogP contribution in [0.25, 0.3) is 5.76 Å². The zero-order valence-corrected chi connectivity index (χ0v) is 21.5. The predicted octanol–water partition coefficient (Wildman–Crippen LogP) is 0.616. The van der Waals surface area contributed by atoms with Gasteiger partial charge in [-0.05, 0) is 80.1 Å². The van der Waals surface area contributed by atoms with Crippen molar-refractivity contribution < 1.29 is 39.2 Å². The van der Waals surface area contributed by atoms with E-state index in [0.717, 1.165) is 3.57 Å². The average molecular weight is 596 g/mol. The third kappa shape index (κ3) is 3.67. The van der Waals surface area contributed by atoms with Gasteiger partial charge in [0.1, 0.15) is 29.4 Å². The Kier molecular flexibility index (Phi) is 6.31. The summed E-state index contributed by atoms with van der Waals surface area (Å²) in [7, 11) is 3.25. The number of aromatic hydroxyl groups is 1. The number of carbonyl (C=O) groups excluding carboxylic acids is 4. The largest absolute Gasteiger partial charge is 0.507 e. The summed E-state index contributed by atoms with van der Waals surface area (Å²) in [6, 6.07) is 2.15. The molecule has 1 aromatic carbocycles. The fraction of sp³-hybridized carbons (Fsp3) is 0.417. The molecule has 10 nitrogen and oxygen atoms in total. The standard InChI is InChI=1S/C24H25IN2O8/c1-9(28)8-35-20-17(23(26)33)22(32)24(34)12(18(20)27(2)3)7-10-6-11-13(25)4-5-14(29)16(11)19(30)15(10)21(24)31/h4-5,10,12,18,29-30,34H,6-8H2,1-3H3,(H2,26,33)/t10-,12-,18-,24-/m0/s1. The van der Waals surface area contributed by atoms with Gasteiger partial charge in [0.15, 0.2) is 11.4 Å². The molecule has 0 heterocycles. The van der Waals surface area contributed by atoms with Crippen LogP contribution in [0.3, 0.4) is 0 Å². The van der Waals surface area contributed by atoms with Crippen LogP contribution in [0.2, 0.25) is 0 Å². The molecule has 3 aliphatic rings. The zero-order valence-electron chi connectivity index (χ0n) is 19.3. The number of benzene rings is 1. The molecular weight excluding hydrogens is 571 g/mol. The van der Waals surface area contributed by atoms with Crippen molar-refractivity contribution in [3.8, 4) is 5.75 Å². The fourth-order valence-corrected chi connectivity index (χ4v) is 6.19. The van der Waals surface area contributed by atoms with E-state index in [2.05, 4.69) is 22.6 Å². The molecule has 0 spiro atoms. The Balaban J connectivity index is 1.95. The summed E-state index contributed by atoms with van der Waals surface area (Å²) >= 11 is 2.07. The third-order valence-electron chi connectivity index (χ3n) is 6.95. The maximum absolute atomic E-state index is 13.8. The number of aliphatic hydroxyl groups is 2. The number of fused-ring (bicyclic) bond motifs is 3. The molecule has 0 bridgehead atoms. The number of carbonyl (C=O) groups is 4. The Morgan fingerprint density at radius 1 is 1.23 bits per heavy atom. The molecule has 0 aliphatic heterocycles. The fourth-order valence-electron chi connectivity index (χ4n) is 5.52. The first-order chi connectivity index (χ1) is 16.3. The Morgan fingerprint density at radius 3 is 2.46 bits per heavy atom. The SMILES string of the molecule is CC(=O)COC1=C(C(N)=O)C(=O)[C@@]2(O)C(=O)C3=C(O)c4c(O)ccc(I)c4C[C@H]3C[C@H]2[C@@H]1N(C)C. The van der Waals surface area contributed by atoms with Gasteiger partial charge in [-0.25, -0.2) is 0 Å². The number of amides is 1. The highest BCUT2D eigenvalue weighted by atomic mass is 127. The minimum absolute atomic E-state index is 0.0837. The maximum Gasteiger partial charge on any atom is 0.255 e. The lowest BCUT2D eigenvalue weighted by atomic mass is 9.57. The minimum atomic E-state index is -2.70. The van der Waals surface area contributed by atoms with Gasteiger partial charge in [0.2, 0.25) is 11.6 Å². The molecule has 5 N–H and O–H groups in total. The molecule has 1 aromatic rings. The minimum Gasteiger partial charge on any atom is -0.507 e. The summed E-state index contributed by atoms with van der Waals surface area (Å²) in [5, 5.41) is 33.1. The molecule has 186 valence electrons. The summed E-state index contributed by atoms with van der Waals surface area (Å²) in [6.45, 7) is 0.847. The molecule has 1 saturated carbocycles. The molecule has 4 atom stereocenters. The van der Waals surface area contributed by atoms with E-state index in [1.165, 1.54) is 13.0 Å². The number of ether oxygens (including phenoxy) is 1. The van der Waals surface area contributed by atoms with E-state index >= 15 is 0 Å². The van der Waals surface area contributed by atoms with Crippen molar-refractivity contribution in [3.05, 3.63) is 43.7 Å². The number of nitrogens with two attached hydrogens (primary N) is 1. The van der Waals surface area contributed by atoms with E-state index in [1.54, 1.807) is 25.1 Å². The van der Waals surface area contributed by atoms with Crippen LogP contribution in [-0.4, -0.2) is 75.8 Å². The number of Topliss-reactive ketones (excluding diaryl/α,β-unsaturated/α-hetero) is 3. The highest BCUT2D eigenvalue weighted by Crippen LogP contribution is 2.52. The van der Waals surface area contributed by atoms with Crippen LogP contribution in [0, 0.1) is 15.4 Å². The monoisotopic (exact) mass is 596 g/mol. The maximum atomic E-state index is 13.8. The first-order valence-electron chi connectivity index (χ1n) is 10.9. The van der Waals surface area contributed by atoms with Gasteiger partial charge in [-0.1, -0.05) is 0 Å². The molecule has 0 aromatic heterocycles. The number of phenolic OH excluding ortho intramolecular Hbond substituents is 1. The molecule has 0 unspecified atom stereocenters. The molecule has 1 fully saturated rings. The van der Waals surface area contributed by atoms with E-state index < -0.39 is 58.9 Å². The number of aliphatic hydroxyl groups excluding tert-OH is 1. The second kappa shape index (κ2) is 8.71. The Hall–Kier alpha value is -2.77. The first-order valence-corrected chi connectivity index (χ1v) is 12.0. The van der Waals surface area contributed by atoms with Crippen LogP contribution in [0.4, 0.5) is 0 Å². The number of rotatable bonds is 5. The van der Waals surface area contributed by atoms with Gasteiger partial charge in [0.05, 0.1) is 11.6 Å². The quantitative estimate of drug-likeness (QED) is 0.216. The van der Waals surface area contributed by atoms with E-state index in [1.807, 2.05) is 0 Å². The van der Waals surface area contributed by atoms with Crippen molar-refractivity contribution >= 4 is 51.6 Å². The van der Waals surface area contributed by atoms with Crippen molar-refractivity contribution in [2.75, 3.05) is 20.7 Å². The van der Waals surface area contributed by atoms with Crippen LogP contribution >= 0.6 is 22.6 Å².